The van der Waals surface area contributed by atoms with Gasteiger partial charge in [0.2, 0.25) is 0 Å². The zero-order valence-corrected chi connectivity index (χ0v) is 16.4. The number of hydrogen-bond donors (Lipinski definition) is 3. The molecule has 1 unspecified atom stereocenters. The average molecular weight is 397 g/mol. The molecule has 4 nitrogen and oxygen atoms in total. The third-order valence-corrected chi connectivity index (χ3v) is 5.64. The highest BCUT2D eigenvalue weighted by molar-refractivity contribution is 5.75. The SMILES string of the molecule is C=C/C=C(\C=C)N1c2ccccc2C(c2ccc(O)cc2)(c2ccc(O)cc2)C1O. The van der Waals surface area contributed by atoms with Crippen LogP contribution in [0.5, 0.6) is 11.5 Å². The first-order chi connectivity index (χ1) is 14.5. The lowest BCUT2D eigenvalue weighted by Crippen LogP contribution is -2.45. The van der Waals surface area contributed by atoms with Crippen LogP contribution in [0.3, 0.4) is 0 Å². The molecule has 1 aliphatic heterocycles. The molecule has 1 atom stereocenters. The Morgan fingerprint density at radius 2 is 1.37 bits per heavy atom. The first-order valence-electron chi connectivity index (χ1n) is 9.65. The number of rotatable bonds is 5. The number of aliphatic hydroxyl groups excluding tert-OH is 1. The lowest BCUT2D eigenvalue weighted by atomic mass is 9.69. The molecule has 0 aliphatic carbocycles. The Labute approximate surface area is 176 Å². The summed E-state index contributed by atoms with van der Waals surface area (Å²) in [6.07, 6.45) is 4.14. The summed E-state index contributed by atoms with van der Waals surface area (Å²) in [6, 6.07) is 21.5. The Bertz CT molecular complexity index is 1070. The van der Waals surface area contributed by atoms with Gasteiger partial charge in [0.25, 0.3) is 0 Å². The van der Waals surface area contributed by atoms with Crippen LogP contribution in [0.15, 0.2) is 110 Å². The van der Waals surface area contributed by atoms with Crippen LogP contribution in [0.1, 0.15) is 16.7 Å². The Hall–Kier alpha value is -3.76. The number of aliphatic hydroxyl groups is 1. The van der Waals surface area contributed by atoms with Crippen molar-refractivity contribution >= 4 is 5.69 Å². The van der Waals surface area contributed by atoms with Crippen molar-refractivity contribution in [2.75, 3.05) is 4.90 Å². The molecular formula is C26H23NO3. The molecule has 3 aromatic carbocycles. The molecule has 0 bridgehead atoms. The zero-order valence-electron chi connectivity index (χ0n) is 16.4. The summed E-state index contributed by atoms with van der Waals surface area (Å²) < 4.78 is 0. The highest BCUT2D eigenvalue weighted by Crippen LogP contribution is 2.54. The minimum atomic E-state index is -1.01. The maximum absolute atomic E-state index is 11.9. The Morgan fingerprint density at radius 3 is 1.87 bits per heavy atom. The van der Waals surface area contributed by atoms with Crippen molar-refractivity contribution in [3.05, 3.63) is 127 Å². The number of nitrogens with zero attached hydrogens (tertiary/aromatic N) is 1. The molecule has 150 valence electrons. The van der Waals surface area contributed by atoms with Crippen LogP contribution < -0.4 is 4.90 Å². The molecule has 0 saturated carbocycles. The van der Waals surface area contributed by atoms with Gasteiger partial charge in [0.1, 0.15) is 17.7 Å². The van der Waals surface area contributed by atoms with Gasteiger partial charge in [0, 0.05) is 11.4 Å². The predicted octanol–water partition coefficient (Wildman–Crippen LogP) is 4.83. The molecule has 4 heteroatoms. The average Bonchev–Trinajstić information content (AvgIpc) is 3.02. The molecule has 30 heavy (non-hydrogen) atoms. The molecule has 0 amide bonds. The molecule has 1 heterocycles. The van der Waals surface area contributed by atoms with Gasteiger partial charge in [-0.05, 0) is 59.2 Å². The van der Waals surface area contributed by atoms with Gasteiger partial charge < -0.3 is 20.2 Å². The third kappa shape index (κ3) is 2.81. The van der Waals surface area contributed by atoms with Crippen molar-refractivity contribution < 1.29 is 15.3 Å². The van der Waals surface area contributed by atoms with Crippen LogP contribution in [0.25, 0.3) is 0 Å². The smallest absolute Gasteiger partial charge is 0.149 e. The molecular weight excluding hydrogens is 374 g/mol. The summed E-state index contributed by atoms with van der Waals surface area (Å²) >= 11 is 0. The topological polar surface area (TPSA) is 63.9 Å². The Kier molecular flexibility index (Phi) is 4.94. The quantitative estimate of drug-likeness (QED) is 0.540. The van der Waals surface area contributed by atoms with E-state index in [4.69, 9.17) is 0 Å². The molecule has 0 radical (unpaired) electrons. The molecule has 0 spiro atoms. The number of hydrogen-bond acceptors (Lipinski definition) is 4. The molecule has 0 aromatic heterocycles. The van der Waals surface area contributed by atoms with Gasteiger partial charge in [-0.25, -0.2) is 0 Å². The van der Waals surface area contributed by atoms with E-state index in [0.29, 0.717) is 5.70 Å². The van der Waals surface area contributed by atoms with Gasteiger partial charge in [-0.15, -0.1) is 0 Å². The Morgan fingerprint density at radius 1 is 0.833 bits per heavy atom. The minimum Gasteiger partial charge on any atom is -0.508 e. The highest BCUT2D eigenvalue weighted by Gasteiger charge is 2.53. The molecule has 3 N–H and O–H groups in total. The lowest BCUT2D eigenvalue weighted by molar-refractivity contribution is 0.136. The van der Waals surface area contributed by atoms with E-state index in [-0.39, 0.29) is 11.5 Å². The second kappa shape index (κ2) is 7.58. The van der Waals surface area contributed by atoms with Crippen molar-refractivity contribution in [1.82, 2.24) is 0 Å². The number of aromatic hydroxyl groups is 2. The summed E-state index contributed by atoms with van der Waals surface area (Å²) in [6.45, 7) is 7.70. The number of anilines is 1. The molecule has 0 saturated heterocycles. The summed E-state index contributed by atoms with van der Waals surface area (Å²) in [5, 5.41) is 31.6. The molecule has 1 aliphatic rings. The predicted molar refractivity (Wildman–Crippen MR) is 120 cm³/mol. The monoisotopic (exact) mass is 397 g/mol. The van der Waals surface area contributed by atoms with Crippen molar-refractivity contribution in [3.8, 4) is 11.5 Å². The number of para-hydroxylation sites is 1. The van der Waals surface area contributed by atoms with Gasteiger partial charge in [-0.3, -0.25) is 0 Å². The van der Waals surface area contributed by atoms with Crippen molar-refractivity contribution in [2.45, 2.75) is 11.6 Å². The number of phenolic OH excluding ortho intramolecular Hbond substituents is 2. The standard InChI is InChI=1S/C26H23NO3/c1-3-7-20(4-2)27-24-9-6-5-8-23(24)26(25(27)30,18-10-14-21(28)15-11-18)19-12-16-22(29)17-13-19/h3-17,25,28-30H,1-2H2/b20-7+. The zero-order chi connectivity index (χ0) is 21.3. The molecule has 0 fully saturated rings. The van der Waals surface area contributed by atoms with Crippen molar-refractivity contribution in [1.29, 1.82) is 0 Å². The summed E-state index contributed by atoms with van der Waals surface area (Å²) in [4.78, 5) is 1.84. The summed E-state index contributed by atoms with van der Waals surface area (Å²) in [5.41, 5.74) is 3.14. The fourth-order valence-corrected chi connectivity index (χ4v) is 4.35. The lowest BCUT2D eigenvalue weighted by Gasteiger charge is -2.37. The van der Waals surface area contributed by atoms with Gasteiger partial charge in [-0.1, -0.05) is 61.7 Å². The van der Waals surface area contributed by atoms with Crippen LogP contribution in [0.4, 0.5) is 5.69 Å². The van der Waals surface area contributed by atoms with Crippen LogP contribution in [-0.4, -0.2) is 21.5 Å². The molecule has 3 aromatic rings. The first-order valence-corrected chi connectivity index (χ1v) is 9.65. The van der Waals surface area contributed by atoms with Crippen LogP contribution >= 0.6 is 0 Å². The van der Waals surface area contributed by atoms with E-state index < -0.39 is 11.6 Å². The van der Waals surface area contributed by atoms with E-state index in [2.05, 4.69) is 13.2 Å². The van der Waals surface area contributed by atoms with Crippen LogP contribution in [0, 0.1) is 0 Å². The second-order valence-electron chi connectivity index (χ2n) is 7.19. The number of fused-ring (bicyclic) bond motifs is 1. The highest BCUT2D eigenvalue weighted by atomic mass is 16.3. The normalized spacial score (nSPS) is 17.4. The van der Waals surface area contributed by atoms with E-state index in [9.17, 15) is 15.3 Å². The van der Waals surface area contributed by atoms with E-state index >= 15 is 0 Å². The third-order valence-electron chi connectivity index (χ3n) is 5.64. The number of benzene rings is 3. The minimum absolute atomic E-state index is 0.149. The first kappa shape index (κ1) is 19.6. The van der Waals surface area contributed by atoms with Crippen LogP contribution in [0.2, 0.25) is 0 Å². The number of allylic oxidation sites excluding steroid dienone is 3. The largest absolute Gasteiger partial charge is 0.508 e. The summed E-state index contributed by atoms with van der Waals surface area (Å²) in [5.74, 6) is 0.297. The maximum Gasteiger partial charge on any atom is 0.149 e. The van der Waals surface area contributed by atoms with Gasteiger partial charge in [0.15, 0.2) is 0 Å². The fraction of sp³-hybridized carbons (Fsp3) is 0.0769. The van der Waals surface area contributed by atoms with Crippen LogP contribution in [-0.2, 0) is 5.41 Å². The fourth-order valence-electron chi connectivity index (χ4n) is 4.35. The van der Waals surface area contributed by atoms with Gasteiger partial charge in [-0.2, -0.15) is 0 Å². The van der Waals surface area contributed by atoms with E-state index in [0.717, 1.165) is 22.4 Å². The van der Waals surface area contributed by atoms with Gasteiger partial charge >= 0.3 is 0 Å². The summed E-state index contributed by atoms with van der Waals surface area (Å²) in [7, 11) is 0. The Balaban J connectivity index is 2.08. The van der Waals surface area contributed by atoms with E-state index in [1.54, 1.807) is 42.5 Å². The van der Waals surface area contributed by atoms with E-state index in [1.165, 1.54) is 0 Å². The van der Waals surface area contributed by atoms with Gasteiger partial charge in [0.05, 0.1) is 5.41 Å². The van der Waals surface area contributed by atoms with Crippen molar-refractivity contribution in [3.63, 3.8) is 0 Å². The van der Waals surface area contributed by atoms with E-state index in [1.807, 2.05) is 53.4 Å². The molecule has 4 rings (SSSR count). The van der Waals surface area contributed by atoms with Crippen molar-refractivity contribution in [2.24, 2.45) is 0 Å². The maximum atomic E-state index is 11.9. The number of phenols is 2. The second-order valence-corrected chi connectivity index (χ2v) is 7.19.